The molecule has 11 heteroatoms. The Morgan fingerprint density at radius 2 is 2.09 bits per heavy atom. The van der Waals surface area contributed by atoms with Crippen molar-refractivity contribution in [2.75, 3.05) is 23.3 Å². The zero-order valence-electron chi connectivity index (χ0n) is 19.3. The number of hydrogen-bond donors (Lipinski definition) is 2. The minimum Gasteiger partial charge on any atom is -0.444 e. The highest BCUT2D eigenvalue weighted by Gasteiger charge is 2.28. The number of pyridine rings is 1. The van der Waals surface area contributed by atoms with Crippen molar-refractivity contribution in [1.82, 2.24) is 24.9 Å². The summed E-state index contributed by atoms with van der Waals surface area (Å²) >= 11 is 0. The van der Waals surface area contributed by atoms with Crippen molar-refractivity contribution in [1.29, 1.82) is 5.26 Å². The summed E-state index contributed by atoms with van der Waals surface area (Å²) < 4.78 is 6.76. The molecule has 176 valence electrons. The zero-order chi connectivity index (χ0) is 24.3. The topological polar surface area (TPSA) is 138 Å². The Bertz CT molecular complexity index is 1240. The lowest BCUT2D eigenvalue weighted by molar-refractivity contribution is 0.0635. The van der Waals surface area contributed by atoms with Crippen molar-refractivity contribution in [3.63, 3.8) is 0 Å². The monoisotopic (exact) mass is 462 g/mol. The van der Waals surface area contributed by atoms with Gasteiger partial charge in [0.15, 0.2) is 11.5 Å². The van der Waals surface area contributed by atoms with Crippen LogP contribution in [-0.2, 0) is 4.74 Å². The molecule has 1 unspecified atom stereocenters. The molecule has 3 aromatic rings. The number of ether oxygens (including phenoxy) is 1. The number of amides is 2. The summed E-state index contributed by atoms with van der Waals surface area (Å²) in [6.45, 7) is 6.62. The Labute approximate surface area is 196 Å². The number of carbonyl (C=O) groups excluding carboxylic acids is 2. The van der Waals surface area contributed by atoms with E-state index in [1.165, 1.54) is 10.7 Å². The molecule has 1 aliphatic heterocycles. The Kier molecular flexibility index (Phi) is 6.32. The molecule has 0 bridgehead atoms. The van der Waals surface area contributed by atoms with Crippen LogP contribution in [0.3, 0.4) is 0 Å². The molecule has 11 nitrogen and oxygen atoms in total. The van der Waals surface area contributed by atoms with Gasteiger partial charge >= 0.3 is 6.09 Å². The summed E-state index contributed by atoms with van der Waals surface area (Å²) in [4.78, 5) is 36.4. The van der Waals surface area contributed by atoms with Crippen molar-refractivity contribution in [3.05, 3.63) is 47.9 Å². The third-order valence-corrected chi connectivity index (χ3v) is 5.20. The number of piperidine rings is 1. The van der Waals surface area contributed by atoms with Crippen LogP contribution in [0.25, 0.3) is 5.65 Å². The van der Waals surface area contributed by atoms with Crippen molar-refractivity contribution in [3.8, 4) is 6.07 Å². The van der Waals surface area contributed by atoms with Gasteiger partial charge in [0.1, 0.15) is 23.1 Å². The minimum absolute atomic E-state index is 0.0758. The molecule has 2 N–H and O–H groups in total. The number of nitriles is 1. The van der Waals surface area contributed by atoms with E-state index in [1.807, 2.05) is 0 Å². The summed E-state index contributed by atoms with van der Waals surface area (Å²) in [6, 6.07) is 7.13. The van der Waals surface area contributed by atoms with Gasteiger partial charge in [-0.15, -0.1) is 5.10 Å². The highest BCUT2D eigenvalue weighted by atomic mass is 16.6. The molecule has 0 radical (unpaired) electrons. The first-order valence-electron chi connectivity index (χ1n) is 11.0. The number of fused-ring (bicyclic) bond motifs is 1. The third-order valence-electron chi connectivity index (χ3n) is 5.20. The fraction of sp³-hybridized carbons (Fsp3) is 0.391. The molecule has 1 aliphatic rings. The number of aromatic nitrogens is 4. The summed E-state index contributed by atoms with van der Waals surface area (Å²) in [6.07, 6.45) is 5.70. The Hall–Kier alpha value is -4.20. The first-order valence-corrected chi connectivity index (χ1v) is 11.0. The van der Waals surface area contributed by atoms with E-state index in [-0.39, 0.29) is 23.3 Å². The molecular weight excluding hydrogens is 436 g/mol. The maximum absolute atomic E-state index is 13.3. The Morgan fingerprint density at radius 1 is 1.26 bits per heavy atom. The van der Waals surface area contributed by atoms with Gasteiger partial charge in [-0.2, -0.15) is 5.26 Å². The Morgan fingerprint density at radius 3 is 2.79 bits per heavy atom. The zero-order valence-corrected chi connectivity index (χ0v) is 19.3. The van der Waals surface area contributed by atoms with Crippen molar-refractivity contribution < 1.29 is 14.3 Å². The molecule has 1 atom stereocenters. The van der Waals surface area contributed by atoms with Gasteiger partial charge in [0, 0.05) is 37.7 Å². The lowest BCUT2D eigenvalue weighted by Gasteiger charge is -2.34. The lowest BCUT2D eigenvalue weighted by Crippen LogP contribution is -2.48. The number of rotatable bonds is 4. The predicted molar refractivity (Wildman–Crippen MR) is 124 cm³/mol. The molecule has 4 rings (SSSR count). The number of nitrogens with one attached hydrogen (secondary N) is 2. The van der Waals surface area contributed by atoms with E-state index >= 15 is 0 Å². The van der Waals surface area contributed by atoms with E-state index in [9.17, 15) is 9.59 Å². The van der Waals surface area contributed by atoms with Gasteiger partial charge in [-0.1, -0.05) is 0 Å². The van der Waals surface area contributed by atoms with Crippen LogP contribution in [0.15, 0.2) is 36.8 Å². The van der Waals surface area contributed by atoms with Crippen LogP contribution < -0.4 is 15.5 Å². The van der Waals surface area contributed by atoms with Crippen LogP contribution in [0, 0.1) is 11.3 Å². The molecule has 0 saturated carbocycles. The predicted octanol–water partition coefficient (Wildman–Crippen LogP) is 2.74. The molecular formula is C23H26N8O3. The first kappa shape index (κ1) is 23.0. The lowest BCUT2D eigenvalue weighted by atomic mass is 10.0. The van der Waals surface area contributed by atoms with Gasteiger partial charge in [-0.05, 0) is 51.8 Å². The fourth-order valence-electron chi connectivity index (χ4n) is 3.78. The SMILES string of the molecule is CC(C)(C)OC(=O)Nc1nn2cccnc2c1C(=O)NC1CCCN(c2ccc(C#N)cn2)C1. The van der Waals surface area contributed by atoms with E-state index < -0.39 is 11.7 Å². The first-order chi connectivity index (χ1) is 16.2. The van der Waals surface area contributed by atoms with Crippen LogP contribution in [0.5, 0.6) is 0 Å². The van der Waals surface area contributed by atoms with Crippen LogP contribution in [0.4, 0.5) is 16.4 Å². The molecule has 4 heterocycles. The number of carbonyl (C=O) groups is 2. The van der Waals surface area contributed by atoms with Crippen LogP contribution in [0.2, 0.25) is 0 Å². The van der Waals surface area contributed by atoms with E-state index in [4.69, 9.17) is 10.00 Å². The van der Waals surface area contributed by atoms with E-state index in [2.05, 4.69) is 36.7 Å². The highest BCUT2D eigenvalue weighted by molar-refractivity contribution is 6.06. The van der Waals surface area contributed by atoms with Gasteiger partial charge in [-0.3, -0.25) is 10.1 Å². The van der Waals surface area contributed by atoms with Crippen LogP contribution >= 0.6 is 0 Å². The molecule has 34 heavy (non-hydrogen) atoms. The minimum atomic E-state index is -0.708. The van der Waals surface area contributed by atoms with Gasteiger partial charge in [0.05, 0.1) is 5.56 Å². The van der Waals surface area contributed by atoms with Gasteiger partial charge < -0.3 is 15.0 Å². The summed E-state index contributed by atoms with van der Waals surface area (Å²) in [5.41, 5.74) is 0.290. The van der Waals surface area contributed by atoms with Crippen molar-refractivity contribution in [2.24, 2.45) is 0 Å². The standard InChI is InChI=1S/C23H26N8O3/c1-23(2,3)34-22(33)28-19-18(20-25-9-5-11-31(20)29-19)21(32)27-16-6-4-10-30(14-16)17-8-7-15(12-24)13-26-17/h5,7-9,11,13,16H,4,6,10,14H2,1-3H3,(H,27,32)(H,28,29,33). The van der Waals surface area contributed by atoms with E-state index in [0.29, 0.717) is 17.8 Å². The maximum Gasteiger partial charge on any atom is 0.413 e. The number of nitrogens with zero attached hydrogens (tertiary/aromatic N) is 6. The molecule has 0 aliphatic carbocycles. The largest absolute Gasteiger partial charge is 0.444 e. The number of anilines is 2. The Balaban J connectivity index is 1.52. The second kappa shape index (κ2) is 9.35. The number of hydrogen-bond acceptors (Lipinski definition) is 8. The molecule has 1 fully saturated rings. The van der Waals surface area contributed by atoms with Crippen LogP contribution in [-0.4, -0.2) is 56.3 Å². The second-order valence-corrected chi connectivity index (χ2v) is 9.01. The van der Waals surface area contributed by atoms with Crippen molar-refractivity contribution >= 4 is 29.3 Å². The highest BCUT2D eigenvalue weighted by Crippen LogP contribution is 2.22. The molecule has 2 amide bonds. The normalized spacial score (nSPS) is 16.1. The molecule has 3 aromatic heterocycles. The quantitative estimate of drug-likeness (QED) is 0.604. The van der Waals surface area contributed by atoms with Crippen LogP contribution in [0.1, 0.15) is 49.5 Å². The smallest absolute Gasteiger partial charge is 0.413 e. The average molecular weight is 463 g/mol. The molecule has 0 spiro atoms. The second-order valence-electron chi connectivity index (χ2n) is 9.01. The average Bonchev–Trinajstić information content (AvgIpc) is 3.15. The third kappa shape index (κ3) is 5.23. The van der Waals surface area contributed by atoms with Crippen molar-refractivity contribution in [2.45, 2.75) is 45.3 Å². The van der Waals surface area contributed by atoms with E-state index in [0.717, 1.165) is 25.2 Å². The fourth-order valence-corrected chi connectivity index (χ4v) is 3.78. The molecule has 1 saturated heterocycles. The maximum atomic E-state index is 13.3. The summed E-state index contributed by atoms with van der Waals surface area (Å²) in [7, 11) is 0. The van der Waals surface area contributed by atoms with E-state index in [1.54, 1.807) is 51.4 Å². The summed E-state index contributed by atoms with van der Waals surface area (Å²) in [5, 5.41) is 18.9. The van der Waals surface area contributed by atoms with Gasteiger partial charge in [-0.25, -0.2) is 19.3 Å². The summed E-state index contributed by atoms with van der Waals surface area (Å²) in [5.74, 6) is 0.439. The van der Waals surface area contributed by atoms with Gasteiger partial charge in [0.2, 0.25) is 0 Å². The van der Waals surface area contributed by atoms with Gasteiger partial charge in [0.25, 0.3) is 5.91 Å². The molecule has 0 aromatic carbocycles.